The zero-order valence-corrected chi connectivity index (χ0v) is 12.2. The summed E-state index contributed by atoms with van der Waals surface area (Å²) < 4.78 is 47.8. The summed E-state index contributed by atoms with van der Waals surface area (Å²) in [6.07, 6.45) is -4.54. The average molecular weight is 345 g/mol. The van der Waals surface area contributed by atoms with Crippen molar-refractivity contribution < 1.29 is 22.4 Å². The first-order valence-corrected chi connectivity index (χ1v) is 6.57. The number of halogens is 4. The number of alkyl halides is 3. The molecule has 10 heteroatoms. The third-order valence-corrected chi connectivity index (χ3v) is 3.17. The van der Waals surface area contributed by atoms with Crippen LogP contribution in [0.2, 0.25) is 5.02 Å². The highest BCUT2D eigenvalue weighted by molar-refractivity contribution is 6.30. The van der Waals surface area contributed by atoms with Gasteiger partial charge in [-0.3, -0.25) is 5.10 Å². The fourth-order valence-corrected chi connectivity index (χ4v) is 2.04. The molecule has 1 N–H and O–H groups in total. The van der Waals surface area contributed by atoms with E-state index in [4.69, 9.17) is 20.9 Å². The second kappa shape index (κ2) is 5.58. The van der Waals surface area contributed by atoms with Crippen LogP contribution in [-0.2, 0) is 6.18 Å². The van der Waals surface area contributed by atoms with Gasteiger partial charge in [-0.05, 0) is 18.2 Å². The molecule has 0 radical (unpaired) electrons. The Balaban J connectivity index is 1.98. The molecule has 120 valence electrons. The van der Waals surface area contributed by atoms with E-state index in [9.17, 15) is 13.2 Å². The summed E-state index contributed by atoms with van der Waals surface area (Å²) in [5.74, 6) is 0.407. The fourth-order valence-electron chi connectivity index (χ4n) is 1.87. The molecule has 2 aromatic heterocycles. The van der Waals surface area contributed by atoms with Crippen molar-refractivity contribution in [1.82, 2.24) is 20.3 Å². The van der Waals surface area contributed by atoms with E-state index in [1.807, 2.05) is 5.10 Å². The van der Waals surface area contributed by atoms with Crippen molar-refractivity contribution in [2.75, 3.05) is 7.11 Å². The normalized spacial score (nSPS) is 11.7. The van der Waals surface area contributed by atoms with Crippen molar-refractivity contribution in [2.45, 2.75) is 6.18 Å². The molecule has 6 nitrogen and oxygen atoms in total. The number of aromatic nitrogens is 4. The van der Waals surface area contributed by atoms with E-state index in [0.717, 1.165) is 6.07 Å². The Bertz CT molecular complexity index is 844. The van der Waals surface area contributed by atoms with Crippen LogP contribution in [0.15, 0.2) is 28.8 Å². The number of hydrogen-bond acceptors (Lipinski definition) is 5. The van der Waals surface area contributed by atoms with Crippen LogP contribution in [0.4, 0.5) is 13.2 Å². The van der Waals surface area contributed by atoms with Crippen LogP contribution < -0.4 is 4.74 Å². The molecular formula is C13H8ClF3N4O2. The maximum Gasteiger partial charge on any atom is 0.432 e. The Morgan fingerprint density at radius 2 is 2.04 bits per heavy atom. The SMILES string of the molecule is COc1ccc(Cl)cc1-c1noc(-c2cc(C(F)(F)F)[nH]n2)n1. The molecule has 0 aliphatic rings. The van der Waals surface area contributed by atoms with Gasteiger partial charge in [0.2, 0.25) is 5.82 Å². The van der Waals surface area contributed by atoms with E-state index < -0.39 is 11.9 Å². The van der Waals surface area contributed by atoms with E-state index in [0.29, 0.717) is 16.3 Å². The van der Waals surface area contributed by atoms with Crippen molar-refractivity contribution in [2.24, 2.45) is 0 Å². The van der Waals surface area contributed by atoms with Gasteiger partial charge in [-0.25, -0.2) is 0 Å². The Morgan fingerprint density at radius 3 is 2.70 bits per heavy atom. The van der Waals surface area contributed by atoms with Crippen LogP contribution in [-0.4, -0.2) is 27.4 Å². The molecule has 0 saturated heterocycles. The Kier molecular flexibility index (Phi) is 3.72. The van der Waals surface area contributed by atoms with Crippen LogP contribution in [0.1, 0.15) is 5.69 Å². The molecule has 2 heterocycles. The van der Waals surface area contributed by atoms with Crippen molar-refractivity contribution >= 4 is 11.6 Å². The summed E-state index contributed by atoms with van der Waals surface area (Å²) >= 11 is 5.92. The van der Waals surface area contributed by atoms with E-state index in [1.54, 1.807) is 18.2 Å². The van der Waals surface area contributed by atoms with Crippen LogP contribution in [0.25, 0.3) is 23.0 Å². The smallest absolute Gasteiger partial charge is 0.432 e. The summed E-state index contributed by atoms with van der Waals surface area (Å²) in [7, 11) is 1.46. The number of ether oxygens (including phenoxy) is 1. The molecule has 0 aliphatic carbocycles. The Hall–Kier alpha value is -2.55. The molecule has 0 atom stereocenters. The molecule has 1 aromatic carbocycles. The summed E-state index contributed by atoms with van der Waals surface area (Å²) in [5, 5.41) is 9.54. The lowest BCUT2D eigenvalue weighted by Gasteiger charge is -2.04. The molecule has 0 saturated carbocycles. The molecule has 3 aromatic rings. The van der Waals surface area contributed by atoms with Crippen LogP contribution in [0, 0.1) is 0 Å². The largest absolute Gasteiger partial charge is 0.496 e. The zero-order chi connectivity index (χ0) is 16.6. The molecule has 23 heavy (non-hydrogen) atoms. The molecule has 0 spiro atoms. The number of benzene rings is 1. The maximum atomic E-state index is 12.6. The lowest BCUT2D eigenvalue weighted by Crippen LogP contribution is -2.04. The summed E-state index contributed by atoms with van der Waals surface area (Å²) in [4.78, 5) is 4.03. The maximum absolute atomic E-state index is 12.6. The highest BCUT2D eigenvalue weighted by Gasteiger charge is 2.33. The van der Waals surface area contributed by atoms with Crippen molar-refractivity contribution in [3.05, 3.63) is 35.0 Å². The number of aromatic amines is 1. The number of rotatable bonds is 3. The van der Waals surface area contributed by atoms with Gasteiger partial charge in [0.1, 0.15) is 11.4 Å². The summed E-state index contributed by atoms with van der Waals surface area (Å²) in [5.41, 5.74) is -0.675. The number of hydrogen-bond donors (Lipinski definition) is 1. The van der Waals surface area contributed by atoms with Gasteiger partial charge in [0.15, 0.2) is 5.69 Å². The standard InChI is InChI=1S/C13H8ClF3N4O2/c1-22-9-3-2-6(14)4-7(9)11-18-12(23-21-11)8-5-10(20-19-8)13(15,16)17/h2-5H,1H3,(H,19,20). The minimum Gasteiger partial charge on any atom is -0.496 e. The summed E-state index contributed by atoms with van der Waals surface area (Å²) in [6.45, 7) is 0. The van der Waals surface area contributed by atoms with Gasteiger partial charge in [-0.1, -0.05) is 16.8 Å². The highest BCUT2D eigenvalue weighted by Crippen LogP contribution is 2.33. The van der Waals surface area contributed by atoms with Crippen LogP contribution in [0.5, 0.6) is 5.75 Å². The molecule has 0 aliphatic heterocycles. The monoisotopic (exact) mass is 344 g/mol. The number of nitrogens with zero attached hydrogens (tertiary/aromatic N) is 3. The zero-order valence-electron chi connectivity index (χ0n) is 11.5. The molecule has 3 rings (SSSR count). The minimum absolute atomic E-state index is 0.114. The molecular weight excluding hydrogens is 337 g/mol. The van der Waals surface area contributed by atoms with Crippen molar-refractivity contribution in [3.63, 3.8) is 0 Å². The highest BCUT2D eigenvalue weighted by atomic mass is 35.5. The fraction of sp³-hybridized carbons (Fsp3) is 0.154. The van der Waals surface area contributed by atoms with Crippen LogP contribution in [0.3, 0.4) is 0 Å². The second-order valence-electron chi connectivity index (χ2n) is 4.43. The van der Waals surface area contributed by atoms with Gasteiger partial charge in [0.25, 0.3) is 5.89 Å². The van der Waals surface area contributed by atoms with Gasteiger partial charge in [-0.15, -0.1) is 0 Å². The Morgan fingerprint density at radius 1 is 1.26 bits per heavy atom. The number of H-pyrrole nitrogens is 1. The average Bonchev–Trinajstić information content (AvgIpc) is 3.15. The van der Waals surface area contributed by atoms with E-state index in [2.05, 4.69) is 15.2 Å². The summed E-state index contributed by atoms with van der Waals surface area (Å²) in [6, 6.07) is 5.57. The predicted molar refractivity (Wildman–Crippen MR) is 73.9 cm³/mol. The number of methoxy groups -OCH3 is 1. The van der Waals surface area contributed by atoms with Gasteiger partial charge in [-0.2, -0.15) is 23.3 Å². The third-order valence-electron chi connectivity index (χ3n) is 2.93. The van der Waals surface area contributed by atoms with Crippen molar-refractivity contribution in [1.29, 1.82) is 0 Å². The van der Waals surface area contributed by atoms with E-state index in [-0.39, 0.29) is 17.4 Å². The Labute approximate surface area is 132 Å². The van der Waals surface area contributed by atoms with Gasteiger partial charge in [0.05, 0.1) is 12.7 Å². The topological polar surface area (TPSA) is 76.8 Å². The van der Waals surface area contributed by atoms with Gasteiger partial charge in [0, 0.05) is 11.1 Å². The van der Waals surface area contributed by atoms with E-state index >= 15 is 0 Å². The lowest BCUT2D eigenvalue weighted by atomic mass is 10.2. The van der Waals surface area contributed by atoms with E-state index in [1.165, 1.54) is 7.11 Å². The first-order chi connectivity index (χ1) is 10.9. The second-order valence-corrected chi connectivity index (χ2v) is 4.87. The molecule has 0 amide bonds. The lowest BCUT2D eigenvalue weighted by molar-refractivity contribution is -0.141. The van der Waals surface area contributed by atoms with Crippen molar-refractivity contribution in [3.8, 4) is 28.7 Å². The molecule has 0 unspecified atom stereocenters. The minimum atomic E-state index is -4.54. The molecule has 0 bridgehead atoms. The number of nitrogens with one attached hydrogen (secondary N) is 1. The predicted octanol–water partition coefficient (Wildman–Crippen LogP) is 3.81. The molecule has 0 fully saturated rings. The first kappa shape index (κ1) is 15.3. The third kappa shape index (κ3) is 3.00. The quantitative estimate of drug-likeness (QED) is 0.781. The van der Waals surface area contributed by atoms with Gasteiger partial charge < -0.3 is 9.26 Å². The van der Waals surface area contributed by atoms with Gasteiger partial charge >= 0.3 is 6.18 Å². The first-order valence-electron chi connectivity index (χ1n) is 6.19. The van der Waals surface area contributed by atoms with Crippen LogP contribution >= 0.6 is 11.6 Å².